The van der Waals surface area contributed by atoms with E-state index in [-0.39, 0.29) is 5.56 Å². The van der Waals surface area contributed by atoms with Crippen LogP contribution in [0.5, 0.6) is 0 Å². The largest absolute Gasteiger partial charge is 0.324 e. The second-order valence-electron chi connectivity index (χ2n) is 11.0. The molecule has 226 valence electrons. The quantitative estimate of drug-likeness (QED) is 0.204. The minimum absolute atomic E-state index is 0.0167. The fourth-order valence-corrected chi connectivity index (χ4v) is 6.23. The van der Waals surface area contributed by atoms with Gasteiger partial charge in [-0.3, -0.25) is 14.1 Å². The van der Waals surface area contributed by atoms with Crippen molar-refractivity contribution in [2.75, 3.05) is 43.9 Å². The second kappa shape index (κ2) is 12.6. The van der Waals surface area contributed by atoms with Crippen LogP contribution < -0.4 is 10.6 Å². The number of carbonyl (C=O) groups is 1. The summed E-state index contributed by atoms with van der Waals surface area (Å²) in [6.07, 6.45) is 3.70. The summed E-state index contributed by atoms with van der Waals surface area (Å²) in [5.74, 6) is -0.612. The smallest absolute Gasteiger partial charge is 0.258 e. The molecule has 0 radical (unpaired) electrons. The average molecular weight is 619 g/mol. The molecule has 4 heterocycles. The molecule has 3 aromatic heterocycles. The lowest BCUT2D eigenvalue weighted by Gasteiger charge is -2.32. The Kier molecular flexibility index (Phi) is 8.04. The van der Waals surface area contributed by atoms with Crippen LogP contribution in [0.2, 0.25) is 0 Å². The highest BCUT2D eigenvalue weighted by Crippen LogP contribution is 2.35. The van der Waals surface area contributed by atoms with E-state index in [4.69, 9.17) is 9.97 Å². The zero-order valence-electron chi connectivity index (χ0n) is 24.7. The fraction of sp³-hybridized carbons (Fsp3) is 0.176. The van der Waals surface area contributed by atoms with E-state index in [1.165, 1.54) is 29.0 Å². The van der Waals surface area contributed by atoms with E-state index in [0.29, 0.717) is 23.0 Å². The first-order valence-electron chi connectivity index (χ1n) is 14.7. The van der Waals surface area contributed by atoms with Crippen molar-refractivity contribution in [2.45, 2.75) is 6.54 Å². The maximum Gasteiger partial charge on any atom is 0.258 e. The number of carbonyl (C=O) groups excluding carboxylic acids is 1. The molecule has 45 heavy (non-hydrogen) atoms. The third-order valence-electron chi connectivity index (χ3n) is 7.86. The van der Waals surface area contributed by atoms with Gasteiger partial charge in [0, 0.05) is 67.4 Å². The number of anilines is 3. The lowest BCUT2D eigenvalue weighted by atomic mass is 10.1. The molecule has 1 fully saturated rings. The van der Waals surface area contributed by atoms with Crippen molar-refractivity contribution < 1.29 is 9.18 Å². The molecule has 11 heteroatoms. The zero-order valence-corrected chi connectivity index (χ0v) is 25.5. The summed E-state index contributed by atoms with van der Waals surface area (Å²) in [5.41, 5.74) is 5.68. The predicted octanol–water partition coefficient (Wildman–Crippen LogP) is 6.40. The van der Waals surface area contributed by atoms with Gasteiger partial charge in [-0.1, -0.05) is 36.4 Å². The number of halogens is 1. The Bertz CT molecular complexity index is 1980. The number of thiazole rings is 1. The number of imidazole rings is 1. The van der Waals surface area contributed by atoms with Gasteiger partial charge in [0.05, 0.1) is 17.0 Å². The van der Waals surface area contributed by atoms with Crippen molar-refractivity contribution in [1.82, 2.24) is 29.2 Å². The first-order valence-corrected chi connectivity index (χ1v) is 15.6. The predicted molar refractivity (Wildman–Crippen MR) is 176 cm³/mol. The average Bonchev–Trinajstić information content (AvgIpc) is 3.65. The third kappa shape index (κ3) is 6.32. The summed E-state index contributed by atoms with van der Waals surface area (Å²) in [6.45, 7) is 5.19. The second-order valence-corrected chi connectivity index (χ2v) is 11.9. The summed E-state index contributed by atoms with van der Waals surface area (Å²) in [6, 6.07) is 23.5. The molecule has 0 atom stereocenters. The number of hydrogen-bond donors (Lipinski definition) is 2. The lowest BCUT2D eigenvalue weighted by Crippen LogP contribution is -2.43. The number of piperazine rings is 1. The van der Waals surface area contributed by atoms with Crippen molar-refractivity contribution in [2.24, 2.45) is 0 Å². The van der Waals surface area contributed by atoms with Gasteiger partial charge in [0.2, 0.25) is 5.95 Å². The Morgan fingerprint density at radius 1 is 0.933 bits per heavy atom. The topological polar surface area (TPSA) is 90.7 Å². The fourth-order valence-electron chi connectivity index (χ4n) is 5.51. The van der Waals surface area contributed by atoms with Crippen LogP contribution in [0.15, 0.2) is 96.6 Å². The van der Waals surface area contributed by atoms with Crippen LogP contribution in [0.25, 0.3) is 27.6 Å². The molecule has 1 aliphatic rings. The molecular formula is C34H31FN8OS. The number of likely N-dealkylation sites (N-methyl/N-ethyl adjacent to an activating group) is 1. The van der Waals surface area contributed by atoms with Gasteiger partial charge in [0.25, 0.3) is 5.91 Å². The number of benzene rings is 3. The van der Waals surface area contributed by atoms with Crippen LogP contribution in [0.4, 0.5) is 21.7 Å². The van der Waals surface area contributed by atoms with Crippen LogP contribution in [-0.2, 0) is 6.54 Å². The van der Waals surface area contributed by atoms with Gasteiger partial charge in [0.15, 0.2) is 4.96 Å². The summed E-state index contributed by atoms with van der Waals surface area (Å²) in [4.78, 5) is 32.8. The Morgan fingerprint density at radius 3 is 2.62 bits per heavy atom. The molecule has 2 N–H and O–H groups in total. The lowest BCUT2D eigenvalue weighted by molar-refractivity contribution is 0.102. The van der Waals surface area contributed by atoms with E-state index in [1.54, 1.807) is 24.4 Å². The van der Waals surface area contributed by atoms with Crippen molar-refractivity contribution in [3.05, 3.63) is 114 Å². The molecule has 7 rings (SSSR count). The Hall–Kier alpha value is -4.97. The number of nitrogens with zero attached hydrogens (tertiary/aromatic N) is 6. The van der Waals surface area contributed by atoms with Crippen molar-refractivity contribution in [3.8, 4) is 22.6 Å². The first-order chi connectivity index (χ1) is 22.0. The van der Waals surface area contributed by atoms with Gasteiger partial charge in [-0.2, -0.15) is 0 Å². The highest BCUT2D eigenvalue weighted by molar-refractivity contribution is 7.15. The zero-order chi connectivity index (χ0) is 30.8. The van der Waals surface area contributed by atoms with Crippen LogP contribution in [0, 0.1) is 5.82 Å². The third-order valence-corrected chi connectivity index (χ3v) is 8.61. The van der Waals surface area contributed by atoms with E-state index in [0.717, 1.165) is 54.6 Å². The van der Waals surface area contributed by atoms with E-state index in [9.17, 15) is 9.18 Å². The van der Waals surface area contributed by atoms with E-state index >= 15 is 0 Å². The first kappa shape index (κ1) is 28.8. The van der Waals surface area contributed by atoms with Crippen molar-refractivity contribution in [3.63, 3.8) is 0 Å². The SMILES string of the molecule is CN1CCN(Cc2cccc(Nc3nccc(-c4c(-c5cccc(NC(=O)c6ccccc6F)c5)nc5sccn45)n3)c2)CC1. The standard InChI is InChI=1S/C34H31FN8OS/c1-41-14-16-42(17-15-41)22-23-6-4-8-25(20-23)38-33-36-13-12-29(39-33)31-30(40-34-43(31)18-19-45-34)24-7-5-9-26(21-24)37-32(44)27-10-2-3-11-28(27)35/h2-13,18-21H,14-17,22H2,1H3,(H,37,44)(H,36,38,39). The van der Waals surface area contributed by atoms with E-state index < -0.39 is 11.7 Å². The van der Waals surface area contributed by atoms with Crippen molar-refractivity contribution >= 4 is 39.5 Å². The maximum atomic E-state index is 14.2. The minimum atomic E-state index is -0.572. The highest BCUT2D eigenvalue weighted by atomic mass is 32.1. The summed E-state index contributed by atoms with van der Waals surface area (Å²) >= 11 is 1.52. The monoisotopic (exact) mass is 618 g/mol. The van der Waals surface area contributed by atoms with Crippen LogP contribution in [-0.4, -0.2) is 68.3 Å². The molecule has 0 unspecified atom stereocenters. The number of nitrogens with one attached hydrogen (secondary N) is 2. The van der Waals surface area contributed by atoms with Crippen LogP contribution in [0.1, 0.15) is 15.9 Å². The van der Waals surface area contributed by atoms with Gasteiger partial charge in [0.1, 0.15) is 11.5 Å². The summed E-state index contributed by atoms with van der Waals surface area (Å²) < 4.78 is 16.2. The van der Waals surface area contributed by atoms with Gasteiger partial charge in [-0.25, -0.2) is 19.3 Å². The van der Waals surface area contributed by atoms with Gasteiger partial charge in [-0.05, 0) is 55.1 Å². The van der Waals surface area contributed by atoms with Gasteiger partial charge in [-0.15, -0.1) is 11.3 Å². The molecule has 1 amide bonds. The maximum absolute atomic E-state index is 14.2. The van der Waals surface area contributed by atoms with E-state index in [1.807, 2.05) is 46.3 Å². The number of fused-ring (bicyclic) bond motifs is 1. The molecule has 0 saturated carbocycles. The minimum Gasteiger partial charge on any atom is -0.324 e. The van der Waals surface area contributed by atoms with Crippen LogP contribution in [0.3, 0.4) is 0 Å². The Balaban J connectivity index is 1.15. The molecule has 9 nitrogen and oxygen atoms in total. The Morgan fingerprint density at radius 2 is 1.76 bits per heavy atom. The number of rotatable bonds is 8. The molecular weight excluding hydrogens is 587 g/mol. The highest BCUT2D eigenvalue weighted by Gasteiger charge is 2.20. The van der Waals surface area contributed by atoms with E-state index in [2.05, 4.69) is 50.7 Å². The molecule has 6 aromatic rings. The van der Waals surface area contributed by atoms with Gasteiger partial charge >= 0.3 is 0 Å². The molecule has 3 aromatic carbocycles. The Labute approximate surface area is 264 Å². The normalized spacial score (nSPS) is 14.1. The van der Waals surface area contributed by atoms with Crippen LogP contribution >= 0.6 is 11.3 Å². The summed E-state index contributed by atoms with van der Waals surface area (Å²) in [7, 11) is 2.17. The number of hydrogen-bond acceptors (Lipinski definition) is 8. The molecule has 0 spiro atoms. The molecule has 1 aliphatic heterocycles. The number of aromatic nitrogens is 4. The number of amides is 1. The van der Waals surface area contributed by atoms with Gasteiger partial charge < -0.3 is 15.5 Å². The van der Waals surface area contributed by atoms with Crippen molar-refractivity contribution in [1.29, 1.82) is 0 Å². The molecule has 1 saturated heterocycles. The summed E-state index contributed by atoms with van der Waals surface area (Å²) in [5, 5.41) is 8.18. The molecule has 0 bridgehead atoms. The molecule has 0 aliphatic carbocycles.